The Balaban J connectivity index is 2.93. The molecule has 0 atom stereocenters. The van der Waals surface area contributed by atoms with E-state index in [4.69, 9.17) is 20.0 Å². The molecule has 0 saturated heterocycles. The van der Waals surface area contributed by atoms with Crippen LogP contribution < -0.4 is 4.74 Å². The fourth-order valence-corrected chi connectivity index (χ4v) is 1.32. The van der Waals surface area contributed by atoms with Gasteiger partial charge in [0, 0.05) is 0 Å². The molecular weight excluding hydrogens is 244 g/mol. The van der Waals surface area contributed by atoms with Gasteiger partial charge in [-0.1, -0.05) is 12.1 Å². The first kappa shape index (κ1) is 14.3. The largest absolute Gasteiger partial charge is 0.479 e. The van der Waals surface area contributed by atoms with Gasteiger partial charge in [-0.25, -0.2) is 4.79 Å². The van der Waals surface area contributed by atoms with Gasteiger partial charge in [0.15, 0.2) is 6.61 Å². The van der Waals surface area contributed by atoms with Crippen LogP contribution in [0.15, 0.2) is 29.8 Å². The maximum Gasteiger partial charge on any atom is 0.348 e. The third kappa shape index (κ3) is 4.53. The molecule has 0 aliphatic heterocycles. The minimum atomic E-state index is -0.659. The SMILES string of the molecule is CCOC(=O)/C(C#N)=C/c1cccc(OCC#N)c1. The Kier molecular flexibility index (Phi) is 5.65. The van der Waals surface area contributed by atoms with Crippen molar-refractivity contribution in [2.75, 3.05) is 13.2 Å². The quantitative estimate of drug-likeness (QED) is 0.457. The van der Waals surface area contributed by atoms with Crippen LogP contribution in [0.3, 0.4) is 0 Å². The molecule has 0 amide bonds. The van der Waals surface area contributed by atoms with Crippen molar-refractivity contribution in [2.45, 2.75) is 6.92 Å². The zero-order valence-electron chi connectivity index (χ0n) is 10.4. The van der Waals surface area contributed by atoms with E-state index < -0.39 is 5.97 Å². The lowest BCUT2D eigenvalue weighted by Gasteiger charge is -2.03. The highest BCUT2D eigenvalue weighted by Gasteiger charge is 2.09. The number of carbonyl (C=O) groups is 1. The first-order chi connectivity index (χ1) is 9.21. The van der Waals surface area contributed by atoms with Gasteiger partial charge in [0.1, 0.15) is 23.5 Å². The van der Waals surface area contributed by atoms with E-state index in [2.05, 4.69) is 0 Å². The zero-order chi connectivity index (χ0) is 14.1. The smallest absolute Gasteiger partial charge is 0.348 e. The highest BCUT2D eigenvalue weighted by molar-refractivity contribution is 5.97. The summed E-state index contributed by atoms with van der Waals surface area (Å²) in [6.45, 7) is 1.82. The van der Waals surface area contributed by atoms with Gasteiger partial charge in [-0.05, 0) is 30.7 Å². The number of nitrogens with zero attached hydrogens (tertiary/aromatic N) is 2. The standard InChI is InChI=1S/C14H12N2O3/c1-2-18-14(17)12(10-16)8-11-4-3-5-13(9-11)19-7-6-15/h3-5,8-9H,2,7H2,1H3/b12-8+. The van der Waals surface area contributed by atoms with E-state index in [1.165, 1.54) is 6.08 Å². The molecule has 19 heavy (non-hydrogen) atoms. The van der Waals surface area contributed by atoms with Gasteiger partial charge in [-0.15, -0.1) is 0 Å². The van der Waals surface area contributed by atoms with Crippen molar-refractivity contribution in [3.05, 3.63) is 35.4 Å². The molecule has 0 radical (unpaired) electrons. The molecule has 0 aliphatic carbocycles. The second-order valence-corrected chi connectivity index (χ2v) is 3.41. The van der Waals surface area contributed by atoms with Crippen molar-refractivity contribution in [2.24, 2.45) is 0 Å². The Hall–Kier alpha value is -2.79. The Morgan fingerprint density at radius 1 is 1.42 bits per heavy atom. The number of esters is 1. The van der Waals surface area contributed by atoms with Crippen LogP contribution in [0.4, 0.5) is 0 Å². The van der Waals surface area contributed by atoms with Crippen molar-refractivity contribution < 1.29 is 14.3 Å². The Morgan fingerprint density at radius 3 is 2.84 bits per heavy atom. The predicted molar refractivity (Wildman–Crippen MR) is 67.8 cm³/mol. The molecule has 1 aromatic rings. The summed E-state index contributed by atoms with van der Waals surface area (Å²) < 4.78 is 9.89. The number of carbonyl (C=O) groups excluding carboxylic acids is 1. The molecule has 0 saturated carbocycles. The molecule has 0 N–H and O–H groups in total. The molecule has 0 fully saturated rings. The maximum absolute atomic E-state index is 11.4. The van der Waals surface area contributed by atoms with E-state index in [9.17, 15) is 4.79 Å². The van der Waals surface area contributed by atoms with Crippen LogP contribution in [-0.4, -0.2) is 19.2 Å². The van der Waals surface area contributed by atoms with Crippen molar-refractivity contribution in [3.8, 4) is 17.9 Å². The molecule has 0 aliphatic rings. The second-order valence-electron chi connectivity index (χ2n) is 3.41. The summed E-state index contributed by atoms with van der Waals surface area (Å²) in [7, 11) is 0. The summed E-state index contributed by atoms with van der Waals surface area (Å²) in [6.07, 6.45) is 1.41. The second kappa shape index (κ2) is 7.52. The molecule has 0 bridgehead atoms. The zero-order valence-corrected chi connectivity index (χ0v) is 10.4. The number of rotatable bonds is 5. The topological polar surface area (TPSA) is 83.1 Å². The molecular formula is C14H12N2O3. The van der Waals surface area contributed by atoms with Gasteiger partial charge in [-0.3, -0.25) is 0 Å². The fourth-order valence-electron chi connectivity index (χ4n) is 1.32. The minimum Gasteiger partial charge on any atom is -0.479 e. The van der Waals surface area contributed by atoms with Crippen molar-refractivity contribution >= 4 is 12.0 Å². The van der Waals surface area contributed by atoms with E-state index in [-0.39, 0.29) is 18.8 Å². The molecule has 0 aromatic heterocycles. The summed E-state index contributed by atoms with van der Waals surface area (Å²) in [5.41, 5.74) is 0.541. The average Bonchev–Trinajstić information content (AvgIpc) is 2.43. The number of nitriles is 2. The van der Waals surface area contributed by atoms with Crippen molar-refractivity contribution in [1.82, 2.24) is 0 Å². The van der Waals surface area contributed by atoms with Gasteiger partial charge in [0.25, 0.3) is 0 Å². The Morgan fingerprint density at radius 2 is 2.21 bits per heavy atom. The minimum absolute atomic E-state index is 0.0594. The van der Waals surface area contributed by atoms with Crippen LogP contribution in [0.2, 0.25) is 0 Å². The normalized spacial score (nSPS) is 10.2. The average molecular weight is 256 g/mol. The van der Waals surface area contributed by atoms with Gasteiger partial charge in [0.05, 0.1) is 6.61 Å². The van der Waals surface area contributed by atoms with Crippen molar-refractivity contribution in [1.29, 1.82) is 10.5 Å². The van der Waals surface area contributed by atoms with Gasteiger partial charge in [-0.2, -0.15) is 10.5 Å². The molecule has 0 heterocycles. The van der Waals surface area contributed by atoms with E-state index >= 15 is 0 Å². The first-order valence-electron chi connectivity index (χ1n) is 5.60. The van der Waals surface area contributed by atoms with E-state index in [0.29, 0.717) is 11.3 Å². The van der Waals surface area contributed by atoms with Crippen molar-refractivity contribution in [3.63, 3.8) is 0 Å². The molecule has 0 spiro atoms. The number of hydrogen-bond acceptors (Lipinski definition) is 5. The summed E-state index contributed by atoms with van der Waals surface area (Å²) in [6, 6.07) is 10.4. The van der Waals surface area contributed by atoms with Gasteiger partial charge < -0.3 is 9.47 Å². The third-order valence-corrected chi connectivity index (χ3v) is 2.09. The summed E-state index contributed by atoms with van der Waals surface area (Å²) in [4.78, 5) is 11.4. The molecule has 5 nitrogen and oxygen atoms in total. The van der Waals surface area contributed by atoms with E-state index in [1.807, 2.05) is 6.07 Å². The van der Waals surface area contributed by atoms with Crippen LogP contribution in [0, 0.1) is 22.7 Å². The van der Waals surface area contributed by atoms with Crippen LogP contribution in [0.5, 0.6) is 5.75 Å². The third-order valence-electron chi connectivity index (χ3n) is 2.09. The molecule has 1 rings (SSSR count). The van der Waals surface area contributed by atoms with Crippen LogP contribution in [0.25, 0.3) is 6.08 Å². The lowest BCUT2D eigenvalue weighted by molar-refractivity contribution is -0.137. The van der Waals surface area contributed by atoms with Crippen LogP contribution in [0.1, 0.15) is 12.5 Å². The molecule has 5 heteroatoms. The first-order valence-corrected chi connectivity index (χ1v) is 5.60. The number of ether oxygens (including phenoxy) is 2. The van der Waals surface area contributed by atoms with E-state index in [1.54, 1.807) is 37.3 Å². The Bertz CT molecular complexity index is 565. The van der Waals surface area contributed by atoms with E-state index in [0.717, 1.165) is 0 Å². The van der Waals surface area contributed by atoms with Crippen LogP contribution >= 0.6 is 0 Å². The monoisotopic (exact) mass is 256 g/mol. The van der Waals surface area contributed by atoms with Gasteiger partial charge in [0.2, 0.25) is 0 Å². The molecule has 1 aromatic carbocycles. The highest BCUT2D eigenvalue weighted by Crippen LogP contribution is 2.16. The lowest BCUT2D eigenvalue weighted by Crippen LogP contribution is -2.06. The lowest BCUT2D eigenvalue weighted by atomic mass is 10.1. The summed E-state index contributed by atoms with van der Waals surface area (Å²) >= 11 is 0. The highest BCUT2D eigenvalue weighted by atomic mass is 16.5. The summed E-state index contributed by atoms with van der Waals surface area (Å²) in [5.74, 6) is -0.162. The fraction of sp³-hybridized carbons (Fsp3) is 0.214. The maximum atomic E-state index is 11.4. The molecule has 0 unspecified atom stereocenters. The predicted octanol–water partition coefficient (Wildman–Crippen LogP) is 2.06. The van der Waals surface area contributed by atoms with Gasteiger partial charge >= 0.3 is 5.97 Å². The molecule has 96 valence electrons. The van der Waals surface area contributed by atoms with Crippen LogP contribution in [-0.2, 0) is 9.53 Å². The number of benzene rings is 1. The Labute approximate surface area is 111 Å². The summed E-state index contributed by atoms with van der Waals surface area (Å²) in [5, 5.41) is 17.3. The number of hydrogen-bond donors (Lipinski definition) is 0.